The molecule has 0 saturated heterocycles. The van der Waals surface area contributed by atoms with E-state index in [1.165, 1.54) is 141 Å². The number of aliphatic hydroxyl groups excluding tert-OH is 3. The summed E-state index contributed by atoms with van der Waals surface area (Å²) in [5.41, 5.74) is 1.02. The predicted octanol–water partition coefficient (Wildman–Crippen LogP) is 13.8. The maximum atomic E-state index is 12.1. The Morgan fingerprint density at radius 2 is 0.966 bits per heavy atom. The van der Waals surface area contributed by atoms with Crippen LogP contribution in [0.25, 0.3) is 0 Å². The van der Waals surface area contributed by atoms with Gasteiger partial charge in [0.1, 0.15) is 5.78 Å². The third kappa shape index (κ3) is 45.0. The lowest BCUT2D eigenvalue weighted by atomic mass is 10.0. The first kappa shape index (κ1) is 58.7. The van der Waals surface area contributed by atoms with Crippen molar-refractivity contribution in [3.63, 3.8) is 0 Å². The first-order valence-corrected chi connectivity index (χ1v) is 25.0. The summed E-state index contributed by atoms with van der Waals surface area (Å²) < 4.78 is 26.5. The average molecular weight is 847 g/mol. The summed E-state index contributed by atoms with van der Waals surface area (Å²) >= 11 is 0. The molecule has 1 aromatic rings. The molecule has 0 radical (unpaired) electrons. The Morgan fingerprint density at radius 1 is 0.576 bits per heavy atom. The van der Waals surface area contributed by atoms with Crippen LogP contribution in [-0.4, -0.2) is 55.9 Å². The van der Waals surface area contributed by atoms with Crippen molar-refractivity contribution in [2.24, 2.45) is 0 Å². The van der Waals surface area contributed by atoms with Gasteiger partial charge in [-0.25, -0.2) is 0 Å². The molecule has 1 atom stereocenters. The molecule has 1 aromatic carbocycles. The van der Waals surface area contributed by atoms with Gasteiger partial charge < -0.3 is 15.3 Å². The fourth-order valence-corrected chi connectivity index (χ4v) is 6.79. The number of aliphatic hydroxyl groups is 3. The third-order valence-electron chi connectivity index (χ3n) is 10.00. The van der Waals surface area contributed by atoms with E-state index >= 15 is 0 Å². The van der Waals surface area contributed by atoms with Crippen molar-refractivity contribution in [2.75, 3.05) is 20.3 Å². The molecule has 0 heterocycles. The second kappa shape index (κ2) is 46.7. The van der Waals surface area contributed by atoms with E-state index in [2.05, 4.69) is 66.6 Å². The standard InChI is InChI=1S/C37H66O.C8H10O3S.C6H14O3/c1-3-5-7-9-11-13-15-17-19-21-23-25-27-29-31-33-35-37(38)36-34-32-30-28-26-24-22-20-18-16-14-12-10-8-6-4-2;1-7-3-5-8(6-4-7)12(9,10)11-2;7-4-2-1-3-6(9)5-8/h11-14,17-20H,3-10,15-16,21-36H2,1-2H3;3-6H,1-2H3;6-9H,1-5H2/b13-11-,14-12-,19-17-,20-18-;;. The number of ketones is 1. The largest absolute Gasteiger partial charge is 0.396 e. The molecular weight excluding hydrogens is 757 g/mol. The highest BCUT2D eigenvalue weighted by molar-refractivity contribution is 7.86. The molecule has 0 aliphatic carbocycles. The van der Waals surface area contributed by atoms with Crippen LogP contribution in [-0.2, 0) is 19.1 Å². The summed E-state index contributed by atoms with van der Waals surface area (Å²) in [4.78, 5) is 12.3. The minimum atomic E-state index is -3.51. The van der Waals surface area contributed by atoms with Gasteiger partial charge in [-0.05, 0) is 115 Å². The van der Waals surface area contributed by atoms with Gasteiger partial charge >= 0.3 is 0 Å². The zero-order valence-electron chi connectivity index (χ0n) is 38.3. The first-order chi connectivity index (χ1) is 28.7. The molecule has 0 fully saturated rings. The molecule has 1 rings (SSSR count). The van der Waals surface area contributed by atoms with Crippen molar-refractivity contribution in [3.05, 3.63) is 78.4 Å². The van der Waals surface area contributed by atoms with Crippen molar-refractivity contribution in [3.8, 4) is 0 Å². The molecular formula is C51H90O7S. The fraction of sp³-hybridized carbons (Fsp3) is 0.706. The monoisotopic (exact) mass is 847 g/mol. The molecule has 0 aromatic heterocycles. The molecule has 59 heavy (non-hydrogen) atoms. The Balaban J connectivity index is 0. The Kier molecular flexibility index (Phi) is 46.5. The SMILES string of the molecule is CCCCC/C=C\C/C=C\CCCCCCCCC(=O)CCCCCCCC/C=C\C/C=C\CCCCC.COS(=O)(=O)c1ccc(C)cc1.OCCCCC(O)CO. The number of unbranched alkanes of at least 4 members (excludes halogenated alkanes) is 19. The van der Waals surface area contributed by atoms with Gasteiger partial charge in [-0.15, -0.1) is 0 Å². The lowest BCUT2D eigenvalue weighted by Gasteiger charge is -2.03. The number of benzene rings is 1. The molecule has 8 heteroatoms. The zero-order chi connectivity index (χ0) is 43.9. The van der Waals surface area contributed by atoms with Crippen LogP contribution in [0.1, 0.15) is 206 Å². The summed E-state index contributed by atoms with van der Waals surface area (Å²) in [6, 6.07) is 6.50. The topological polar surface area (TPSA) is 121 Å². The van der Waals surface area contributed by atoms with Crippen LogP contribution < -0.4 is 0 Å². The van der Waals surface area contributed by atoms with E-state index in [-0.39, 0.29) is 18.1 Å². The fourth-order valence-electron chi connectivity index (χ4n) is 6.13. The van der Waals surface area contributed by atoms with Gasteiger partial charge in [0.25, 0.3) is 10.1 Å². The van der Waals surface area contributed by atoms with Gasteiger partial charge in [-0.2, -0.15) is 8.42 Å². The van der Waals surface area contributed by atoms with Gasteiger partial charge in [0.05, 0.1) is 24.7 Å². The van der Waals surface area contributed by atoms with Crippen molar-refractivity contribution >= 4 is 15.9 Å². The summed E-state index contributed by atoms with van der Waals surface area (Å²) in [6.45, 7) is 6.40. The molecule has 0 aliphatic rings. The minimum Gasteiger partial charge on any atom is -0.396 e. The van der Waals surface area contributed by atoms with E-state index in [9.17, 15) is 13.2 Å². The molecule has 0 saturated carbocycles. The molecule has 7 nitrogen and oxygen atoms in total. The molecule has 3 N–H and O–H groups in total. The van der Waals surface area contributed by atoms with Crippen LogP contribution >= 0.6 is 0 Å². The number of hydrogen-bond donors (Lipinski definition) is 3. The van der Waals surface area contributed by atoms with E-state index in [1.807, 2.05) is 6.92 Å². The van der Waals surface area contributed by atoms with Crippen LogP contribution in [0, 0.1) is 6.92 Å². The van der Waals surface area contributed by atoms with Crippen LogP contribution in [0.3, 0.4) is 0 Å². The van der Waals surface area contributed by atoms with Crippen LogP contribution in [0.15, 0.2) is 77.8 Å². The van der Waals surface area contributed by atoms with Gasteiger partial charge in [0.15, 0.2) is 0 Å². The molecule has 0 bridgehead atoms. The second-order valence-electron chi connectivity index (χ2n) is 15.7. The van der Waals surface area contributed by atoms with Gasteiger partial charge in [0, 0.05) is 19.4 Å². The second-order valence-corrected chi connectivity index (χ2v) is 17.4. The Labute approximate surface area is 364 Å². The maximum Gasteiger partial charge on any atom is 0.296 e. The van der Waals surface area contributed by atoms with Crippen molar-refractivity contribution in [2.45, 2.75) is 218 Å². The quantitative estimate of drug-likeness (QED) is 0.0346. The Hall–Kier alpha value is -2.36. The van der Waals surface area contributed by atoms with E-state index in [0.717, 1.165) is 57.6 Å². The van der Waals surface area contributed by atoms with Crippen LogP contribution in [0.5, 0.6) is 0 Å². The highest BCUT2D eigenvalue weighted by Crippen LogP contribution is 2.14. The molecule has 342 valence electrons. The van der Waals surface area contributed by atoms with E-state index < -0.39 is 16.2 Å². The number of rotatable bonds is 37. The summed E-state index contributed by atoms with van der Waals surface area (Å²) in [6.07, 6.45) is 52.0. The molecule has 0 aliphatic heterocycles. The van der Waals surface area contributed by atoms with E-state index in [1.54, 1.807) is 12.1 Å². The number of hydrogen-bond acceptors (Lipinski definition) is 7. The van der Waals surface area contributed by atoms with E-state index in [0.29, 0.717) is 18.6 Å². The summed E-state index contributed by atoms with van der Waals surface area (Å²) in [5, 5.41) is 25.4. The van der Waals surface area contributed by atoms with Crippen molar-refractivity contribution in [1.29, 1.82) is 0 Å². The van der Waals surface area contributed by atoms with Gasteiger partial charge in [0.2, 0.25) is 0 Å². The minimum absolute atomic E-state index is 0.165. The average Bonchev–Trinajstić information content (AvgIpc) is 3.24. The Bertz CT molecular complexity index is 1200. The summed E-state index contributed by atoms with van der Waals surface area (Å²) in [7, 11) is -2.37. The smallest absolute Gasteiger partial charge is 0.296 e. The summed E-state index contributed by atoms with van der Waals surface area (Å²) in [5.74, 6) is 0.499. The molecule has 0 spiro atoms. The normalized spacial score (nSPS) is 12.3. The van der Waals surface area contributed by atoms with E-state index in [4.69, 9.17) is 15.3 Å². The lowest BCUT2D eigenvalue weighted by molar-refractivity contribution is -0.119. The highest BCUT2D eigenvalue weighted by atomic mass is 32.2. The van der Waals surface area contributed by atoms with Crippen molar-refractivity contribution < 1.29 is 32.7 Å². The Morgan fingerprint density at radius 3 is 1.34 bits per heavy atom. The highest BCUT2D eigenvalue weighted by Gasteiger charge is 2.11. The molecule has 0 amide bonds. The molecule has 1 unspecified atom stereocenters. The van der Waals surface area contributed by atoms with Crippen LogP contribution in [0.2, 0.25) is 0 Å². The number of aryl methyl sites for hydroxylation is 1. The first-order valence-electron chi connectivity index (χ1n) is 23.6. The number of carbonyl (C=O) groups excluding carboxylic acids is 1. The third-order valence-corrected chi connectivity index (χ3v) is 11.3. The van der Waals surface area contributed by atoms with Gasteiger partial charge in [-0.3, -0.25) is 8.98 Å². The van der Waals surface area contributed by atoms with Crippen molar-refractivity contribution in [1.82, 2.24) is 0 Å². The van der Waals surface area contributed by atoms with Crippen LogP contribution in [0.4, 0.5) is 0 Å². The predicted molar refractivity (Wildman–Crippen MR) is 252 cm³/mol. The zero-order valence-corrected chi connectivity index (χ0v) is 39.1. The number of Topliss-reactive ketones (excluding diaryl/α,β-unsaturated/α-hetero) is 1. The number of allylic oxidation sites excluding steroid dienone is 8. The number of carbonyl (C=O) groups is 1. The lowest BCUT2D eigenvalue weighted by Crippen LogP contribution is -2.11. The van der Waals surface area contributed by atoms with Gasteiger partial charge in [-0.1, -0.05) is 157 Å². The maximum absolute atomic E-state index is 12.1.